The van der Waals surface area contributed by atoms with Crippen LogP contribution in [-0.4, -0.2) is 24.1 Å². The van der Waals surface area contributed by atoms with E-state index in [4.69, 9.17) is 0 Å². The lowest BCUT2D eigenvalue weighted by Gasteiger charge is -2.32. The standard InChI is InChI=1S/C18H15F3N3OS/c19-10-8-12(20)16(13(21)9-10)22-11-4-6-24(7-5-11)18-23-14-2-1-3-15(25)17(14)26-18/h1-3,8-9,11,22H,4-7H2. The molecule has 26 heavy (non-hydrogen) atoms. The monoisotopic (exact) mass is 378 g/mol. The zero-order valence-electron chi connectivity index (χ0n) is 13.6. The Morgan fingerprint density at radius 1 is 1.12 bits per heavy atom. The van der Waals surface area contributed by atoms with Crippen LogP contribution in [0.5, 0.6) is 5.75 Å². The number of piperidine rings is 1. The molecule has 0 amide bonds. The predicted molar refractivity (Wildman–Crippen MR) is 94.9 cm³/mol. The number of hydrogen-bond donors (Lipinski definition) is 1. The van der Waals surface area contributed by atoms with Crippen molar-refractivity contribution in [3.8, 4) is 5.75 Å². The van der Waals surface area contributed by atoms with Gasteiger partial charge in [0.15, 0.2) is 22.5 Å². The van der Waals surface area contributed by atoms with Crippen LogP contribution in [0.25, 0.3) is 10.2 Å². The van der Waals surface area contributed by atoms with Gasteiger partial charge in [-0.3, -0.25) is 5.11 Å². The molecule has 1 radical (unpaired) electrons. The fraction of sp³-hybridized carbons (Fsp3) is 0.278. The molecule has 1 saturated heterocycles. The molecule has 135 valence electrons. The highest BCUT2D eigenvalue weighted by Crippen LogP contribution is 2.36. The van der Waals surface area contributed by atoms with Crippen molar-refractivity contribution in [3.63, 3.8) is 0 Å². The molecule has 1 fully saturated rings. The Bertz CT molecular complexity index is 931. The molecule has 8 heteroatoms. The largest absolute Gasteiger partial charge is 0.377 e. The third-order valence-electron chi connectivity index (χ3n) is 4.49. The lowest BCUT2D eigenvalue weighted by Crippen LogP contribution is -2.39. The molecule has 0 saturated carbocycles. The zero-order valence-corrected chi connectivity index (χ0v) is 14.5. The number of aromatic nitrogens is 1. The minimum absolute atomic E-state index is 0.0370. The average molecular weight is 378 g/mol. The maximum Gasteiger partial charge on any atom is 0.198 e. The molecule has 0 unspecified atom stereocenters. The molecule has 0 bridgehead atoms. The van der Waals surface area contributed by atoms with E-state index in [0.717, 1.165) is 5.13 Å². The van der Waals surface area contributed by atoms with Gasteiger partial charge in [-0.25, -0.2) is 18.2 Å². The van der Waals surface area contributed by atoms with E-state index in [1.165, 1.54) is 17.4 Å². The molecule has 4 nitrogen and oxygen atoms in total. The molecule has 2 heterocycles. The van der Waals surface area contributed by atoms with Crippen molar-refractivity contribution >= 4 is 32.4 Å². The van der Waals surface area contributed by atoms with E-state index >= 15 is 0 Å². The summed E-state index contributed by atoms with van der Waals surface area (Å²) in [5, 5.41) is 15.5. The van der Waals surface area contributed by atoms with Crippen LogP contribution >= 0.6 is 11.3 Å². The highest BCUT2D eigenvalue weighted by Gasteiger charge is 2.24. The summed E-state index contributed by atoms with van der Waals surface area (Å²) >= 11 is 1.36. The summed E-state index contributed by atoms with van der Waals surface area (Å²) in [6.07, 6.45) is 1.30. The van der Waals surface area contributed by atoms with Gasteiger partial charge < -0.3 is 10.2 Å². The SMILES string of the molecule is [O]c1cccc2nc(N3CCC(Nc4c(F)cc(F)cc4F)CC3)sc12. The number of anilines is 2. The molecule has 4 rings (SSSR count). The molecule has 1 aliphatic rings. The molecule has 1 N–H and O–H groups in total. The van der Waals surface area contributed by atoms with Crippen LogP contribution in [0.15, 0.2) is 30.3 Å². The molecule has 1 aliphatic heterocycles. The van der Waals surface area contributed by atoms with Gasteiger partial charge in [0.05, 0.1) is 5.52 Å². The Morgan fingerprint density at radius 3 is 2.46 bits per heavy atom. The first-order chi connectivity index (χ1) is 12.5. The Labute approximate surface area is 151 Å². The normalized spacial score (nSPS) is 15.6. The van der Waals surface area contributed by atoms with E-state index < -0.39 is 17.5 Å². The van der Waals surface area contributed by atoms with Crippen molar-refractivity contribution in [2.45, 2.75) is 18.9 Å². The van der Waals surface area contributed by atoms with Crippen LogP contribution in [0.1, 0.15) is 12.8 Å². The maximum atomic E-state index is 13.8. The fourth-order valence-electron chi connectivity index (χ4n) is 3.15. The van der Waals surface area contributed by atoms with Gasteiger partial charge in [-0.05, 0) is 25.0 Å². The van der Waals surface area contributed by atoms with Gasteiger partial charge in [-0.2, -0.15) is 0 Å². The Kier molecular flexibility index (Phi) is 4.36. The van der Waals surface area contributed by atoms with Gasteiger partial charge in [0.25, 0.3) is 0 Å². The fourth-order valence-corrected chi connectivity index (χ4v) is 4.17. The Balaban J connectivity index is 1.45. The van der Waals surface area contributed by atoms with E-state index in [2.05, 4.69) is 15.2 Å². The number of nitrogens with one attached hydrogen (secondary N) is 1. The van der Waals surface area contributed by atoms with Gasteiger partial charge in [0.2, 0.25) is 0 Å². The second-order valence-electron chi connectivity index (χ2n) is 6.25. The lowest BCUT2D eigenvalue weighted by molar-refractivity contribution is 0.361. The molecular weight excluding hydrogens is 363 g/mol. The minimum Gasteiger partial charge on any atom is -0.377 e. The second kappa shape index (κ2) is 6.68. The summed E-state index contributed by atoms with van der Waals surface area (Å²) in [6.45, 7) is 1.30. The van der Waals surface area contributed by atoms with E-state index in [1.54, 1.807) is 6.07 Å². The molecule has 2 aromatic carbocycles. The zero-order chi connectivity index (χ0) is 18.3. The van der Waals surface area contributed by atoms with E-state index in [-0.39, 0.29) is 17.5 Å². The second-order valence-corrected chi connectivity index (χ2v) is 7.23. The van der Waals surface area contributed by atoms with Crippen molar-refractivity contribution in [1.29, 1.82) is 0 Å². The molecular formula is C18H15F3N3OS. The number of nitrogens with zero attached hydrogens (tertiary/aromatic N) is 2. The van der Waals surface area contributed by atoms with Gasteiger partial charge >= 0.3 is 0 Å². The molecule has 0 spiro atoms. The summed E-state index contributed by atoms with van der Waals surface area (Å²) in [5.74, 6) is -2.84. The predicted octanol–water partition coefficient (Wildman–Crippen LogP) is 4.94. The molecule has 0 aliphatic carbocycles. The summed E-state index contributed by atoms with van der Waals surface area (Å²) in [5.41, 5.74) is 0.397. The topological polar surface area (TPSA) is 48.1 Å². The number of thiazole rings is 1. The minimum atomic E-state index is -0.936. The third-order valence-corrected chi connectivity index (χ3v) is 5.63. The van der Waals surface area contributed by atoms with E-state index in [0.29, 0.717) is 48.3 Å². The van der Waals surface area contributed by atoms with Crippen molar-refractivity contribution in [1.82, 2.24) is 4.98 Å². The van der Waals surface area contributed by atoms with Crippen LogP contribution in [0.4, 0.5) is 24.0 Å². The van der Waals surface area contributed by atoms with Crippen molar-refractivity contribution < 1.29 is 18.3 Å². The average Bonchev–Trinajstić information content (AvgIpc) is 3.04. The van der Waals surface area contributed by atoms with Crippen LogP contribution < -0.4 is 10.2 Å². The summed E-state index contributed by atoms with van der Waals surface area (Å²) in [4.78, 5) is 6.58. The summed E-state index contributed by atoms with van der Waals surface area (Å²) in [7, 11) is 0. The molecule has 1 aromatic heterocycles. The quantitative estimate of drug-likeness (QED) is 0.702. The van der Waals surface area contributed by atoms with Crippen LogP contribution in [0.3, 0.4) is 0 Å². The van der Waals surface area contributed by atoms with E-state index in [9.17, 15) is 18.3 Å². The number of fused-ring (bicyclic) bond motifs is 1. The summed E-state index contributed by atoms with van der Waals surface area (Å²) < 4.78 is 41.2. The number of benzene rings is 2. The molecule has 0 atom stereocenters. The highest BCUT2D eigenvalue weighted by molar-refractivity contribution is 7.22. The van der Waals surface area contributed by atoms with Crippen LogP contribution in [-0.2, 0) is 5.11 Å². The third kappa shape index (κ3) is 3.16. The molecule has 3 aromatic rings. The first-order valence-corrected chi connectivity index (χ1v) is 9.05. The van der Waals surface area contributed by atoms with Crippen LogP contribution in [0, 0.1) is 17.5 Å². The van der Waals surface area contributed by atoms with Gasteiger partial charge in [-0.15, -0.1) is 0 Å². The number of hydrogen-bond acceptors (Lipinski definition) is 4. The smallest absolute Gasteiger partial charge is 0.198 e. The van der Waals surface area contributed by atoms with Crippen LogP contribution in [0.2, 0.25) is 0 Å². The highest BCUT2D eigenvalue weighted by atomic mass is 32.1. The van der Waals surface area contributed by atoms with Gasteiger partial charge in [-0.1, -0.05) is 17.4 Å². The Hall–Kier alpha value is -2.48. The maximum absolute atomic E-state index is 13.8. The first-order valence-electron chi connectivity index (χ1n) is 8.24. The van der Waals surface area contributed by atoms with E-state index in [1.807, 2.05) is 6.07 Å². The van der Waals surface area contributed by atoms with Crippen molar-refractivity contribution in [2.75, 3.05) is 23.3 Å². The number of rotatable bonds is 3. The lowest BCUT2D eigenvalue weighted by atomic mass is 10.0. The van der Waals surface area contributed by atoms with Crippen molar-refractivity contribution in [2.24, 2.45) is 0 Å². The Morgan fingerprint density at radius 2 is 1.81 bits per heavy atom. The number of halogens is 3. The first kappa shape index (κ1) is 17.0. The van der Waals surface area contributed by atoms with Gasteiger partial charge in [0, 0.05) is 31.3 Å². The van der Waals surface area contributed by atoms with Gasteiger partial charge in [0.1, 0.15) is 16.2 Å². The van der Waals surface area contributed by atoms with Crippen molar-refractivity contribution in [3.05, 3.63) is 47.8 Å². The summed E-state index contributed by atoms with van der Waals surface area (Å²) in [6, 6.07) is 6.24.